The van der Waals surface area contributed by atoms with Crippen LogP contribution in [0.1, 0.15) is 12.8 Å². The molecule has 94 valence electrons. The molecule has 1 aliphatic rings. The molecule has 0 saturated carbocycles. The molecule has 1 aromatic carbocycles. The molecule has 1 heterocycles. The Balaban J connectivity index is 1.77. The van der Waals surface area contributed by atoms with E-state index in [-0.39, 0.29) is 6.29 Å². The van der Waals surface area contributed by atoms with Crippen molar-refractivity contribution in [2.24, 2.45) is 0 Å². The maximum atomic E-state index is 5.51. The highest BCUT2D eigenvalue weighted by Gasteiger charge is 2.14. The monoisotopic (exact) mass is 254 g/mol. The van der Waals surface area contributed by atoms with Crippen LogP contribution >= 0.6 is 11.8 Å². The van der Waals surface area contributed by atoms with Crippen LogP contribution in [-0.4, -0.2) is 32.4 Å². The van der Waals surface area contributed by atoms with E-state index in [0.717, 1.165) is 37.6 Å². The number of thioether (sulfide) groups is 1. The van der Waals surface area contributed by atoms with Crippen LogP contribution in [0.15, 0.2) is 29.2 Å². The van der Waals surface area contributed by atoms with Gasteiger partial charge in [0.2, 0.25) is 0 Å². The molecule has 0 unspecified atom stereocenters. The molecule has 0 aromatic heterocycles. The largest absolute Gasteiger partial charge is 0.496 e. The number of hydrogen-bond acceptors (Lipinski definition) is 4. The van der Waals surface area contributed by atoms with Crippen molar-refractivity contribution in [1.82, 2.24) is 0 Å². The standard InChI is InChI=1S/C13H18O3S/c1-14-11-5-2-3-6-12(11)17-10-7-13-15-8-4-9-16-13/h2-3,5-6,13H,4,7-10H2,1H3. The van der Waals surface area contributed by atoms with Gasteiger partial charge in [0.1, 0.15) is 5.75 Å². The molecule has 0 spiro atoms. The SMILES string of the molecule is COc1ccccc1SCCC1OCCCO1. The summed E-state index contributed by atoms with van der Waals surface area (Å²) in [6.07, 6.45) is 1.91. The van der Waals surface area contributed by atoms with Gasteiger partial charge in [0.25, 0.3) is 0 Å². The van der Waals surface area contributed by atoms with E-state index in [1.54, 1.807) is 18.9 Å². The van der Waals surface area contributed by atoms with E-state index in [4.69, 9.17) is 14.2 Å². The molecular weight excluding hydrogens is 236 g/mol. The van der Waals surface area contributed by atoms with Crippen LogP contribution in [0.2, 0.25) is 0 Å². The molecule has 17 heavy (non-hydrogen) atoms. The molecule has 0 bridgehead atoms. The average molecular weight is 254 g/mol. The molecule has 0 N–H and O–H groups in total. The van der Waals surface area contributed by atoms with E-state index in [0.29, 0.717) is 0 Å². The Morgan fingerprint density at radius 2 is 2.06 bits per heavy atom. The Hall–Kier alpha value is -0.710. The van der Waals surface area contributed by atoms with Gasteiger partial charge in [0.05, 0.1) is 20.3 Å². The van der Waals surface area contributed by atoms with E-state index in [9.17, 15) is 0 Å². The lowest BCUT2D eigenvalue weighted by Gasteiger charge is -2.22. The van der Waals surface area contributed by atoms with Crippen LogP contribution in [0.25, 0.3) is 0 Å². The minimum absolute atomic E-state index is 0.0223. The Bertz CT molecular complexity index is 337. The smallest absolute Gasteiger partial charge is 0.158 e. The van der Waals surface area contributed by atoms with Crippen LogP contribution in [0.3, 0.4) is 0 Å². The van der Waals surface area contributed by atoms with Gasteiger partial charge in [0.15, 0.2) is 6.29 Å². The van der Waals surface area contributed by atoms with Crippen LogP contribution < -0.4 is 4.74 Å². The van der Waals surface area contributed by atoms with Crippen molar-refractivity contribution in [3.05, 3.63) is 24.3 Å². The lowest BCUT2D eigenvalue weighted by atomic mass is 10.3. The van der Waals surface area contributed by atoms with Crippen molar-refractivity contribution in [1.29, 1.82) is 0 Å². The van der Waals surface area contributed by atoms with Gasteiger partial charge in [-0.15, -0.1) is 11.8 Å². The van der Waals surface area contributed by atoms with E-state index in [1.807, 2.05) is 18.2 Å². The molecule has 4 heteroatoms. The highest BCUT2D eigenvalue weighted by atomic mass is 32.2. The molecule has 1 fully saturated rings. The molecule has 0 aliphatic carbocycles. The summed E-state index contributed by atoms with van der Waals surface area (Å²) < 4.78 is 16.3. The fraction of sp³-hybridized carbons (Fsp3) is 0.538. The van der Waals surface area contributed by atoms with Gasteiger partial charge >= 0.3 is 0 Å². The summed E-state index contributed by atoms with van der Waals surface area (Å²) >= 11 is 1.78. The van der Waals surface area contributed by atoms with Crippen molar-refractivity contribution in [2.45, 2.75) is 24.0 Å². The van der Waals surface area contributed by atoms with Crippen LogP contribution in [0.5, 0.6) is 5.75 Å². The number of para-hydroxylation sites is 1. The fourth-order valence-electron chi connectivity index (χ4n) is 1.71. The summed E-state index contributed by atoms with van der Waals surface area (Å²) in [5.41, 5.74) is 0. The third-order valence-electron chi connectivity index (χ3n) is 2.58. The quantitative estimate of drug-likeness (QED) is 0.755. The predicted octanol–water partition coefficient (Wildman–Crippen LogP) is 2.94. The Morgan fingerprint density at radius 1 is 1.29 bits per heavy atom. The molecule has 3 nitrogen and oxygen atoms in total. The minimum atomic E-state index is -0.0223. The normalized spacial score (nSPS) is 17.0. The van der Waals surface area contributed by atoms with E-state index in [2.05, 4.69) is 6.07 Å². The first kappa shape index (κ1) is 12.7. The van der Waals surface area contributed by atoms with Crippen molar-refractivity contribution in [3.63, 3.8) is 0 Å². The van der Waals surface area contributed by atoms with Gasteiger partial charge in [-0.2, -0.15) is 0 Å². The number of benzene rings is 1. The van der Waals surface area contributed by atoms with Gasteiger partial charge in [-0.05, 0) is 18.6 Å². The zero-order valence-corrected chi connectivity index (χ0v) is 10.9. The maximum absolute atomic E-state index is 5.51. The lowest BCUT2D eigenvalue weighted by Crippen LogP contribution is -2.25. The van der Waals surface area contributed by atoms with E-state index in [1.165, 1.54) is 4.90 Å². The number of hydrogen-bond donors (Lipinski definition) is 0. The van der Waals surface area contributed by atoms with Gasteiger partial charge < -0.3 is 14.2 Å². The summed E-state index contributed by atoms with van der Waals surface area (Å²) in [4.78, 5) is 1.17. The highest BCUT2D eigenvalue weighted by molar-refractivity contribution is 7.99. The topological polar surface area (TPSA) is 27.7 Å². The summed E-state index contributed by atoms with van der Waals surface area (Å²) in [6.45, 7) is 1.65. The molecule has 0 atom stereocenters. The fourth-order valence-corrected chi connectivity index (χ4v) is 2.71. The molecular formula is C13H18O3S. The first-order chi connectivity index (χ1) is 8.40. The Kier molecular flexibility index (Phi) is 5.16. The van der Waals surface area contributed by atoms with E-state index >= 15 is 0 Å². The summed E-state index contributed by atoms with van der Waals surface area (Å²) in [7, 11) is 1.70. The molecule has 2 rings (SSSR count). The number of ether oxygens (including phenoxy) is 3. The van der Waals surface area contributed by atoms with Gasteiger partial charge in [-0.25, -0.2) is 0 Å². The van der Waals surface area contributed by atoms with Crippen molar-refractivity contribution >= 4 is 11.8 Å². The first-order valence-corrected chi connectivity index (χ1v) is 6.88. The number of methoxy groups -OCH3 is 1. The van der Waals surface area contributed by atoms with Gasteiger partial charge in [0, 0.05) is 17.1 Å². The zero-order chi connectivity index (χ0) is 11.9. The summed E-state index contributed by atoms with van der Waals surface area (Å²) in [5, 5.41) is 0. The minimum Gasteiger partial charge on any atom is -0.496 e. The summed E-state index contributed by atoms with van der Waals surface area (Å²) in [6, 6.07) is 8.07. The van der Waals surface area contributed by atoms with Gasteiger partial charge in [-0.3, -0.25) is 0 Å². The molecule has 0 radical (unpaired) electrons. The Morgan fingerprint density at radius 3 is 2.82 bits per heavy atom. The van der Waals surface area contributed by atoms with Crippen LogP contribution in [-0.2, 0) is 9.47 Å². The average Bonchev–Trinajstić information content (AvgIpc) is 2.40. The second-order valence-corrected chi connectivity index (χ2v) is 4.95. The summed E-state index contributed by atoms with van der Waals surface area (Å²) in [5.74, 6) is 1.91. The highest BCUT2D eigenvalue weighted by Crippen LogP contribution is 2.29. The van der Waals surface area contributed by atoms with E-state index < -0.39 is 0 Å². The van der Waals surface area contributed by atoms with Crippen molar-refractivity contribution in [3.8, 4) is 5.75 Å². The van der Waals surface area contributed by atoms with Crippen LogP contribution in [0.4, 0.5) is 0 Å². The molecule has 1 saturated heterocycles. The molecule has 0 amide bonds. The Labute approximate surface area is 106 Å². The van der Waals surface area contributed by atoms with Gasteiger partial charge in [-0.1, -0.05) is 12.1 Å². The third-order valence-corrected chi connectivity index (χ3v) is 3.66. The predicted molar refractivity (Wildman–Crippen MR) is 68.6 cm³/mol. The first-order valence-electron chi connectivity index (χ1n) is 5.89. The molecule has 1 aromatic rings. The third kappa shape index (κ3) is 3.91. The second kappa shape index (κ2) is 6.89. The van der Waals surface area contributed by atoms with Crippen molar-refractivity contribution in [2.75, 3.05) is 26.1 Å². The number of rotatable bonds is 5. The van der Waals surface area contributed by atoms with Crippen LogP contribution in [0, 0.1) is 0 Å². The maximum Gasteiger partial charge on any atom is 0.158 e. The molecule has 1 aliphatic heterocycles. The lowest BCUT2D eigenvalue weighted by molar-refractivity contribution is -0.178. The zero-order valence-electron chi connectivity index (χ0n) is 10.1. The second-order valence-electron chi connectivity index (χ2n) is 3.81. The van der Waals surface area contributed by atoms with Crippen molar-refractivity contribution < 1.29 is 14.2 Å².